The van der Waals surface area contributed by atoms with Crippen molar-refractivity contribution in [2.24, 2.45) is 5.41 Å². The van der Waals surface area contributed by atoms with Crippen LogP contribution in [0, 0.1) is 5.41 Å². The van der Waals surface area contributed by atoms with Crippen LogP contribution in [-0.4, -0.2) is 56.7 Å². The van der Waals surface area contributed by atoms with Crippen LogP contribution in [-0.2, 0) is 20.7 Å². The number of benzene rings is 1. The highest BCUT2D eigenvalue weighted by molar-refractivity contribution is 6.04. The highest BCUT2D eigenvalue weighted by Gasteiger charge is 2.39. The Kier molecular flexibility index (Phi) is 6.20. The number of nitrogens with zero attached hydrogens (tertiary/aromatic N) is 1. The molecule has 6 nitrogen and oxygen atoms in total. The minimum Gasteiger partial charge on any atom is -0.496 e. The lowest BCUT2D eigenvalue weighted by Gasteiger charge is -2.33. The Bertz CT molecular complexity index is 580. The molecule has 0 unspecified atom stereocenters. The Hall–Kier alpha value is -2.08. The summed E-state index contributed by atoms with van der Waals surface area (Å²) in [5.41, 5.74) is -0.0596. The first-order valence-electron chi connectivity index (χ1n) is 8.24. The molecule has 0 radical (unpaired) electrons. The molecule has 1 fully saturated rings. The molecular formula is C18H26N2O4. The largest absolute Gasteiger partial charge is 0.496 e. The monoisotopic (exact) mass is 334 g/mol. The second-order valence-corrected chi connectivity index (χ2v) is 6.35. The maximum Gasteiger partial charge on any atom is 0.237 e. The zero-order chi connectivity index (χ0) is 17.6. The quantitative estimate of drug-likeness (QED) is 0.795. The summed E-state index contributed by atoms with van der Waals surface area (Å²) >= 11 is 0. The molecule has 2 amide bonds. The van der Waals surface area contributed by atoms with E-state index in [2.05, 4.69) is 5.32 Å². The minimum atomic E-state index is -1.09. The van der Waals surface area contributed by atoms with E-state index in [4.69, 9.17) is 9.47 Å². The number of para-hydroxylation sites is 1. The first-order valence-corrected chi connectivity index (χ1v) is 8.24. The molecule has 1 aliphatic rings. The van der Waals surface area contributed by atoms with E-state index in [-0.39, 0.29) is 11.8 Å². The molecule has 132 valence electrons. The lowest BCUT2D eigenvalue weighted by molar-refractivity contribution is -0.151. The van der Waals surface area contributed by atoms with Gasteiger partial charge >= 0.3 is 0 Å². The Morgan fingerprint density at radius 3 is 2.58 bits per heavy atom. The summed E-state index contributed by atoms with van der Waals surface area (Å²) in [5.74, 6) is 0.393. The Labute approximate surface area is 143 Å². The average Bonchev–Trinajstić information content (AvgIpc) is 2.62. The SMILES string of the molecule is COc1ccccc1CCNC(=O)C(C)(C)C(=O)N1CCOCC1. The van der Waals surface area contributed by atoms with Gasteiger partial charge in [-0.25, -0.2) is 0 Å². The maximum absolute atomic E-state index is 12.6. The predicted octanol–water partition coefficient (Wildman–Crippen LogP) is 1.24. The fraction of sp³-hybridized carbons (Fsp3) is 0.556. The van der Waals surface area contributed by atoms with E-state index in [1.54, 1.807) is 25.9 Å². The van der Waals surface area contributed by atoms with E-state index in [9.17, 15) is 9.59 Å². The van der Waals surface area contributed by atoms with Gasteiger partial charge in [0.2, 0.25) is 11.8 Å². The number of carbonyl (C=O) groups is 2. The van der Waals surface area contributed by atoms with Crippen molar-refractivity contribution in [3.8, 4) is 5.75 Å². The number of nitrogens with one attached hydrogen (secondary N) is 1. The van der Waals surface area contributed by atoms with Gasteiger partial charge in [-0.3, -0.25) is 9.59 Å². The summed E-state index contributed by atoms with van der Waals surface area (Å²) in [6, 6.07) is 7.70. The van der Waals surface area contributed by atoms with Crippen LogP contribution in [0.15, 0.2) is 24.3 Å². The van der Waals surface area contributed by atoms with Gasteiger partial charge in [0.05, 0.1) is 20.3 Å². The van der Waals surface area contributed by atoms with Gasteiger partial charge in [-0.05, 0) is 31.9 Å². The summed E-state index contributed by atoms with van der Waals surface area (Å²) in [4.78, 5) is 26.8. The topological polar surface area (TPSA) is 67.9 Å². The van der Waals surface area contributed by atoms with Crippen LogP contribution in [0.25, 0.3) is 0 Å². The Balaban J connectivity index is 1.89. The summed E-state index contributed by atoms with van der Waals surface area (Å²) in [5, 5.41) is 2.87. The average molecular weight is 334 g/mol. The van der Waals surface area contributed by atoms with Gasteiger partial charge in [-0.15, -0.1) is 0 Å². The molecule has 1 aromatic rings. The minimum absolute atomic E-state index is 0.152. The van der Waals surface area contributed by atoms with E-state index in [0.29, 0.717) is 39.3 Å². The van der Waals surface area contributed by atoms with E-state index in [0.717, 1.165) is 11.3 Å². The van der Waals surface area contributed by atoms with Crippen LogP contribution < -0.4 is 10.1 Å². The molecule has 0 atom stereocenters. The van der Waals surface area contributed by atoms with Crippen LogP contribution in [0.4, 0.5) is 0 Å². The number of carbonyl (C=O) groups excluding carboxylic acids is 2. The molecular weight excluding hydrogens is 308 g/mol. The van der Waals surface area contributed by atoms with E-state index >= 15 is 0 Å². The van der Waals surface area contributed by atoms with Gasteiger partial charge in [-0.2, -0.15) is 0 Å². The predicted molar refractivity (Wildman–Crippen MR) is 90.9 cm³/mol. The molecule has 1 saturated heterocycles. The zero-order valence-electron chi connectivity index (χ0n) is 14.6. The van der Waals surface area contributed by atoms with Crippen molar-refractivity contribution in [2.75, 3.05) is 40.0 Å². The standard InChI is InChI=1S/C18H26N2O4/c1-18(2,17(22)20-10-12-24-13-11-20)16(21)19-9-8-14-6-4-5-7-15(14)23-3/h4-7H,8-13H2,1-3H3,(H,19,21). The molecule has 1 aromatic carbocycles. The molecule has 1 aliphatic heterocycles. The van der Waals surface area contributed by atoms with Crippen LogP contribution in [0.2, 0.25) is 0 Å². The smallest absolute Gasteiger partial charge is 0.237 e. The van der Waals surface area contributed by atoms with Gasteiger partial charge < -0.3 is 19.7 Å². The van der Waals surface area contributed by atoms with Gasteiger partial charge in [0.1, 0.15) is 11.2 Å². The second kappa shape index (κ2) is 8.15. The van der Waals surface area contributed by atoms with Crippen LogP contribution >= 0.6 is 0 Å². The van der Waals surface area contributed by atoms with Gasteiger partial charge in [-0.1, -0.05) is 18.2 Å². The molecule has 6 heteroatoms. The van der Waals surface area contributed by atoms with Gasteiger partial charge in [0.25, 0.3) is 0 Å². The molecule has 0 spiro atoms. The van der Waals surface area contributed by atoms with Gasteiger partial charge in [0.15, 0.2) is 0 Å². The Morgan fingerprint density at radius 1 is 1.25 bits per heavy atom. The number of morpholine rings is 1. The third-order valence-electron chi connectivity index (χ3n) is 4.27. The lowest BCUT2D eigenvalue weighted by atomic mass is 9.90. The number of amides is 2. The summed E-state index contributed by atoms with van der Waals surface area (Å²) in [7, 11) is 1.63. The van der Waals surface area contributed by atoms with Crippen LogP contribution in [0.5, 0.6) is 5.75 Å². The fourth-order valence-corrected chi connectivity index (χ4v) is 2.70. The molecule has 0 aliphatic carbocycles. The van der Waals surface area contributed by atoms with E-state index < -0.39 is 5.41 Å². The van der Waals surface area contributed by atoms with Crippen molar-refractivity contribution >= 4 is 11.8 Å². The number of methoxy groups -OCH3 is 1. The number of hydrogen-bond acceptors (Lipinski definition) is 4. The Morgan fingerprint density at radius 2 is 1.92 bits per heavy atom. The summed E-state index contributed by atoms with van der Waals surface area (Å²) in [6.45, 7) is 5.92. The summed E-state index contributed by atoms with van der Waals surface area (Å²) in [6.07, 6.45) is 0.650. The normalized spacial score (nSPS) is 15.0. The molecule has 1 N–H and O–H groups in total. The lowest BCUT2D eigenvalue weighted by Crippen LogP contribution is -2.52. The number of rotatable bonds is 6. The molecule has 0 bridgehead atoms. The van der Waals surface area contributed by atoms with E-state index in [1.165, 1.54) is 0 Å². The van der Waals surface area contributed by atoms with Crippen molar-refractivity contribution < 1.29 is 19.1 Å². The molecule has 0 aromatic heterocycles. The van der Waals surface area contributed by atoms with Crippen molar-refractivity contribution in [3.63, 3.8) is 0 Å². The summed E-state index contributed by atoms with van der Waals surface area (Å²) < 4.78 is 10.6. The number of hydrogen-bond donors (Lipinski definition) is 1. The van der Waals surface area contributed by atoms with Crippen LogP contribution in [0.3, 0.4) is 0 Å². The third kappa shape index (κ3) is 4.26. The zero-order valence-corrected chi connectivity index (χ0v) is 14.6. The third-order valence-corrected chi connectivity index (χ3v) is 4.27. The first-order chi connectivity index (χ1) is 11.5. The highest BCUT2D eigenvalue weighted by Crippen LogP contribution is 2.21. The fourth-order valence-electron chi connectivity index (χ4n) is 2.70. The molecule has 2 rings (SSSR count). The first kappa shape index (κ1) is 18.3. The molecule has 0 saturated carbocycles. The van der Waals surface area contributed by atoms with Crippen molar-refractivity contribution in [3.05, 3.63) is 29.8 Å². The highest BCUT2D eigenvalue weighted by atomic mass is 16.5. The van der Waals surface area contributed by atoms with E-state index in [1.807, 2.05) is 24.3 Å². The van der Waals surface area contributed by atoms with Crippen molar-refractivity contribution in [2.45, 2.75) is 20.3 Å². The van der Waals surface area contributed by atoms with Crippen molar-refractivity contribution in [1.29, 1.82) is 0 Å². The second-order valence-electron chi connectivity index (χ2n) is 6.35. The van der Waals surface area contributed by atoms with Crippen LogP contribution in [0.1, 0.15) is 19.4 Å². The maximum atomic E-state index is 12.6. The molecule has 24 heavy (non-hydrogen) atoms. The number of ether oxygens (including phenoxy) is 2. The van der Waals surface area contributed by atoms with Crippen molar-refractivity contribution in [1.82, 2.24) is 10.2 Å². The van der Waals surface area contributed by atoms with Gasteiger partial charge in [0, 0.05) is 19.6 Å². The molecule has 1 heterocycles.